The van der Waals surface area contributed by atoms with Crippen LogP contribution in [0, 0.1) is 11.8 Å². The van der Waals surface area contributed by atoms with Gasteiger partial charge in [-0.3, -0.25) is 9.59 Å². The number of nitrogens with two attached hydrogens (primary N) is 1. The Labute approximate surface area is 174 Å². The number of hydrogen-bond donors (Lipinski definition) is 1. The molecule has 2 heterocycles. The molecule has 3 rings (SSSR count). The van der Waals surface area contributed by atoms with Crippen molar-refractivity contribution in [1.82, 2.24) is 9.21 Å². The normalized spacial score (nSPS) is 20.2. The molecule has 1 aromatic carbocycles. The van der Waals surface area contributed by atoms with Gasteiger partial charge in [0.1, 0.15) is 0 Å². The van der Waals surface area contributed by atoms with Gasteiger partial charge in [-0.1, -0.05) is 28.1 Å². The van der Waals surface area contributed by atoms with Gasteiger partial charge in [-0.2, -0.15) is 0 Å². The lowest BCUT2D eigenvalue weighted by molar-refractivity contribution is -0.139. The summed E-state index contributed by atoms with van der Waals surface area (Å²) in [4.78, 5) is 25.8. The number of nitrogens with zero attached hydrogens (tertiary/aromatic N) is 2. The molecule has 2 aliphatic rings. The molecule has 2 amide bonds. The molecular weight excluding hydrogens is 446 g/mol. The standard InChI is InChI=1S/C19H26BrN3O4S/c20-17-3-1-2-14(12-17)13-28(26,27)23-10-6-16(7-11-23)19(25)22-8-4-15(5-9-22)18(21)24/h1-3,12,15-16H,4-11,13H2,(H2,21,24). The number of rotatable bonds is 5. The second kappa shape index (κ2) is 8.92. The van der Waals surface area contributed by atoms with Crippen LogP contribution in [0.3, 0.4) is 0 Å². The van der Waals surface area contributed by atoms with Crippen LogP contribution in [0.2, 0.25) is 0 Å². The molecule has 0 aliphatic carbocycles. The zero-order valence-corrected chi connectivity index (χ0v) is 18.1. The summed E-state index contributed by atoms with van der Waals surface area (Å²) in [5.41, 5.74) is 6.08. The van der Waals surface area contributed by atoms with E-state index in [4.69, 9.17) is 5.73 Å². The molecule has 0 radical (unpaired) electrons. The Balaban J connectivity index is 1.52. The predicted octanol–water partition coefficient (Wildman–Crippen LogP) is 1.71. The van der Waals surface area contributed by atoms with Crippen LogP contribution in [0.25, 0.3) is 0 Å². The zero-order chi connectivity index (χ0) is 20.3. The van der Waals surface area contributed by atoms with Gasteiger partial charge in [0.25, 0.3) is 0 Å². The number of primary amides is 1. The fourth-order valence-corrected chi connectivity index (χ4v) is 5.95. The number of piperidine rings is 2. The van der Waals surface area contributed by atoms with Crippen LogP contribution in [0.4, 0.5) is 0 Å². The van der Waals surface area contributed by atoms with E-state index < -0.39 is 10.0 Å². The van der Waals surface area contributed by atoms with Crippen molar-refractivity contribution in [2.45, 2.75) is 31.4 Å². The minimum atomic E-state index is -3.41. The van der Waals surface area contributed by atoms with Crippen molar-refractivity contribution in [3.05, 3.63) is 34.3 Å². The Kier molecular flexibility index (Phi) is 6.77. The molecule has 28 heavy (non-hydrogen) atoms. The van der Waals surface area contributed by atoms with E-state index in [0.29, 0.717) is 51.9 Å². The molecule has 2 fully saturated rings. The molecule has 0 atom stereocenters. The summed E-state index contributed by atoms with van der Waals surface area (Å²) in [6.07, 6.45) is 2.29. The van der Waals surface area contributed by atoms with Gasteiger partial charge in [-0.25, -0.2) is 12.7 Å². The number of amides is 2. The maximum atomic E-state index is 12.8. The first-order valence-electron chi connectivity index (χ1n) is 9.56. The number of carbonyl (C=O) groups is 2. The van der Waals surface area contributed by atoms with Gasteiger partial charge in [-0.05, 0) is 43.4 Å². The number of benzene rings is 1. The van der Waals surface area contributed by atoms with Gasteiger partial charge >= 0.3 is 0 Å². The third-order valence-electron chi connectivity index (χ3n) is 5.64. The van der Waals surface area contributed by atoms with Gasteiger partial charge in [0.15, 0.2) is 0 Å². The summed E-state index contributed by atoms with van der Waals surface area (Å²) in [7, 11) is -3.41. The first kappa shape index (κ1) is 21.3. The van der Waals surface area contributed by atoms with Crippen LogP contribution in [-0.4, -0.2) is 55.6 Å². The van der Waals surface area contributed by atoms with E-state index in [1.165, 1.54) is 4.31 Å². The SMILES string of the molecule is NC(=O)C1CCN(C(=O)C2CCN(S(=O)(=O)Cc3cccc(Br)c3)CC2)CC1. The van der Waals surface area contributed by atoms with Crippen LogP contribution in [-0.2, 0) is 25.4 Å². The molecular formula is C19H26BrN3O4S. The highest BCUT2D eigenvalue weighted by atomic mass is 79.9. The molecule has 7 nitrogen and oxygen atoms in total. The Morgan fingerprint density at radius 1 is 1.04 bits per heavy atom. The van der Waals surface area contributed by atoms with Crippen LogP contribution in [0.1, 0.15) is 31.2 Å². The summed E-state index contributed by atoms with van der Waals surface area (Å²) >= 11 is 3.36. The van der Waals surface area contributed by atoms with Crippen LogP contribution in [0.5, 0.6) is 0 Å². The lowest BCUT2D eigenvalue weighted by Gasteiger charge is -2.36. The van der Waals surface area contributed by atoms with E-state index in [0.717, 1.165) is 10.0 Å². The van der Waals surface area contributed by atoms with Crippen molar-refractivity contribution < 1.29 is 18.0 Å². The summed E-state index contributed by atoms with van der Waals surface area (Å²) in [5.74, 6) is -0.550. The number of carbonyl (C=O) groups excluding carboxylic acids is 2. The second-order valence-corrected chi connectivity index (χ2v) is 10.4. The highest BCUT2D eigenvalue weighted by molar-refractivity contribution is 9.10. The molecule has 1 aromatic rings. The van der Waals surface area contributed by atoms with Crippen molar-refractivity contribution >= 4 is 37.8 Å². The maximum absolute atomic E-state index is 12.8. The minimum absolute atomic E-state index is 0.0360. The lowest BCUT2D eigenvalue weighted by Crippen LogP contribution is -2.47. The van der Waals surface area contributed by atoms with Crippen LogP contribution in [0.15, 0.2) is 28.7 Å². The van der Waals surface area contributed by atoms with Crippen molar-refractivity contribution in [3.63, 3.8) is 0 Å². The first-order valence-corrected chi connectivity index (χ1v) is 12.0. The topological polar surface area (TPSA) is 101 Å². The van der Waals surface area contributed by atoms with E-state index >= 15 is 0 Å². The van der Waals surface area contributed by atoms with Crippen LogP contribution < -0.4 is 5.73 Å². The zero-order valence-electron chi connectivity index (χ0n) is 15.7. The highest BCUT2D eigenvalue weighted by Crippen LogP contribution is 2.26. The summed E-state index contributed by atoms with van der Waals surface area (Å²) in [6, 6.07) is 7.29. The Morgan fingerprint density at radius 3 is 2.21 bits per heavy atom. The molecule has 2 aliphatic heterocycles. The molecule has 2 saturated heterocycles. The van der Waals surface area contributed by atoms with Crippen molar-refractivity contribution in [1.29, 1.82) is 0 Å². The average Bonchev–Trinajstić information content (AvgIpc) is 2.67. The van der Waals surface area contributed by atoms with Gasteiger partial charge in [-0.15, -0.1) is 0 Å². The van der Waals surface area contributed by atoms with Crippen LogP contribution >= 0.6 is 15.9 Å². The minimum Gasteiger partial charge on any atom is -0.369 e. The summed E-state index contributed by atoms with van der Waals surface area (Å²) in [6.45, 7) is 1.83. The molecule has 0 unspecified atom stereocenters. The summed E-state index contributed by atoms with van der Waals surface area (Å²) < 4.78 is 27.8. The third-order valence-corrected chi connectivity index (χ3v) is 7.99. The van der Waals surface area contributed by atoms with E-state index in [2.05, 4.69) is 15.9 Å². The summed E-state index contributed by atoms with van der Waals surface area (Å²) in [5, 5.41) is 0. The monoisotopic (exact) mass is 471 g/mol. The fraction of sp³-hybridized carbons (Fsp3) is 0.579. The van der Waals surface area contributed by atoms with Gasteiger partial charge < -0.3 is 10.6 Å². The maximum Gasteiger partial charge on any atom is 0.225 e. The Bertz CT molecular complexity index is 829. The molecule has 0 bridgehead atoms. The fourth-order valence-electron chi connectivity index (χ4n) is 3.95. The molecule has 2 N–H and O–H groups in total. The number of halogens is 1. The van der Waals surface area contributed by atoms with E-state index in [1.54, 1.807) is 11.0 Å². The molecule has 154 valence electrons. The van der Waals surface area contributed by atoms with Crippen molar-refractivity contribution in [3.8, 4) is 0 Å². The van der Waals surface area contributed by atoms with Gasteiger partial charge in [0, 0.05) is 42.5 Å². The van der Waals surface area contributed by atoms with Gasteiger partial charge in [0.05, 0.1) is 5.75 Å². The molecule has 0 aromatic heterocycles. The smallest absolute Gasteiger partial charge is 0.225 e. The second-order valence-electron chi connectivity index (χ2n) is 7.56. The van der Waals surface area contributed by atoms with Gasteiger partial charge in [0.2, 0.25) is 21.8 Å². The number of likely N-dealkylation sites (tertiary alicyclic amines) is 1. The number of hydrogen-bond acceptors (Lipinski definition) is 4. The quantitative estimate of drug-likeness (QED) is 0.705. The van der Waals surface area contributed by atoms with E-state index in [9.17, 15) is 18.0 Å². The van der Waals surface area contributed by atoms with E-state index in [-0.39, 0.29) is 29.4 Å². The molecule has 9 heteroatoms. The number of sulfonamides is 1. The molecule has 0 saturated carbocycles. The first-order chi connectivity index (χ1) is 13.3. The predicted molar refractivity (Wildman–Crippen MR) is 110 cm³/mol. The largest absolute Gasteiger partial charge is 0.369 e. The molecule has 0 spiro atoms. The lowest BCUT2D eigenvalue weighted by atomic mass is 9.92. The third kappa shape index (κ3) is 5.12. The van der Waals surface area contributed by atoms with E-state index in [1.807, 2.05) is 18.2 Å². The van der Waals surface area contributed by atoms with Crippen molar-refractivity contribution in [2.24, 2.45) is 17.6 Å². The Morgan fingerprint density at radius 2 is 1.64 bits per heavy atom. The van der Waals surface area contributed by atoms with Crippen molar-refractivity contribution in [2.75, 3.05) is 26.2 Å². The average molecular weight is 472 g/mol. The Hall–Kier alpha value is -1.45. The highest BCUT2D eigenvalue weighted by Gasteiger charge is 2.34.